The fourth-order valence-electron chi connectivity index (χ4n) is 3.95. The molecule has 0 aliphatic rings. The summed E-state index contributed by atoms with van der Waals surface area (Å²) in [6, 6.07) is 14.3. The molecule has 1 amide bonds. The molecule has 0 bridgehead atoms. The number of methoxy groups -OCH3 is 1. The van der Waals surface area contributed by atoms with Crippen LogP contribution in [0.2, 0.25) is 0 Å². The van der Waals surface area contributed by atoms with Crippen molar-refractivity contribution in [2.45, 2.75) is 20.4 Å². The van der Waals surface area contributed by atoms with Crippen LogP contribution in [-0.4, -0.2) is 55.5 Å². The molecule has 0 spiro atoms. The van der Waals surface area contributed by atoms with E-state index in [2.05, 4.69) is 25.6 Å². The van der Waals surface area contributed by atoms with E-state index in [0.717, 1.165) is 17.0 Å². The van der Waals surface area contributed by atoms with Crippen molar-refractivity contribution in [3.05, 3.63) is 76.2 Å². The summed E-state index contributed by atoms with van der Waals surface area (Å²) in [6.45, 7) is 4.71. The van der Waals surface area contributed by atoms with Gasteiger partial charge in [0.15, 0.2) is 11.5 Å². The lowest BCUT2D eigenvalue weighted by Crippen LogP contribution is -2.32. The van der Waals surface area contributed by atoms with Crippen molar-refractivity contribution in [1.82, 2.24) is 34.7 Å². The molecule has 0 unspecified atom stereocenters. The number of pyridine rings is 2. The van der Waals surface area contributed by atoms with E-state index in [4.69, 9.17) is 9.47 Å². The quantitative estimate of drug-likeness (QED) is 0.323. The predicted octanol–water partition coefficient (Wildman–Crippen LogP) is 2.65. The molecule has 0 fully saturated rings. The Kier molecular flexibility index (Phi) is 6.50. The van der Waals surface area contributed by atoms with E-state index in [0.29, 0.717) is 34.9 Å². The van der Waals surface area contributed by atoms with Crippen LogP contribution in [0.5, 0.6) is 11.6 Å². The highest BCUT2D eigenvalue weighted by molar-refractivity contribution is 5.96. The minimum Gasteiger partial charge on any atom is -0.497 e. The van der Waals surface area contributed by atoms with Crippen molar-refractivity contribution in [1.29, 1.82) is 0 Å². The zero-order valence-electron chi connectivity index (χ0n) is 20.6. The van der Waals surface area contributed by atoms with Crippen molar-refractivity contribution in [3.63, 3.8) is 0 Å². The van der Waals surface area contributed by atoms with Crippen molar-refractivity contribution >= 4 is 22.6 Å². The normalized spacial score (nSPS) is 11.1. The maximum absolute atomic E-state index is 12.9. The van der Waals surface area contributed by atoms with Gasteiger partial charge in [-0.3, -0.25) is 9.59 Å². The molecule has 4 aromatic heterocycles. The summed E-state index contributed by atoms with van der Waals surface area (Å²) in [5.74, 6) is 1.17. The average Bonchev–Trinajstić information content (AvgIpc) is 3.34. The van der Waals surface area contributed by atoms with Gasteiger partial charge in [-0.25, -0.2) is 4.98 Å². The van der Waals surface area contributed by atoms with Crippen LogP contribution in [0.25, 0.3) is 28.1 Å². The summed E-state index contributed by atoms with van der Waals surface area (Å²) in [7, 11) is 1.61. The van der Waals surface area contributed by atoms with Gasteiger partial charge in [0.25, 0.3) is 5.91 Å². The highest BCUT2D eigenvalue weighted by atomic mass is 16.5. The van der Waals surface area contributed by atoms with E-state index in [1.807, 2.05) is 38.1 Å². The Bertz CT molecular complexity index is 1660. The number of amides is 1. The van der Waals surface area contributed by atoms with Gasteiger partial charge in [0, 0.05) is 30.1 Å². The van der Waals surface area contributed by atoms with E-state index in [9.17, 15) is 9.59 Å². The number of benzene rings is 1. The molecule has 0 aliphatic carbocycles. The van der Waals surface area contributed by atoms with E-state index >= 15 is 0 Å². The van der Waals surface area contributed by atoms with Gasteiger partial charge >= 0.3 is 0 Å². The van der Waals surface area contributed by atoms with Crippen LogP contribution in [-0.2, 0) is 6.54 Å². The molecular formula is C26H25N7O4. The van der Waals surface area contributed by atoms with Crippen LogP contribution in [0.3, 0.4) is 0 Å². The van der Waals surface area contributed by atoms with Gasteiger partial charge in [0.05, 0.1) is 19.0 Å². The topological polar surface area (TPSA) is 126 Å². The first-order valence-corrected chi connectivity index (χ1v) is 11.8. The standard InChI is InChI=1S/C26H25N7O4/c1-4-32-15-20(23(34)19-10-5-16(2)28-25(19)32)26(35)27-13-14-37-22-12-11-21-29-30-24(33(21)31-22)17-6-8-18(36-3)9-7-17/h5-12,15H,4,13-14H2,1-3H3,(H,27,35). The molecule has 0 saturated carbocycles. The van der Waals surface area contributed by atoms with Crippen LogP contribution in [0, 0.1) is 6.92 Å². The summed E-state index contributed by atoms with van der Waals surface area (Å²) in [5, 5.41) is 16.0. The molecule has 5 aromatic rings. The lowest BCUT2D eigenvalue weighted by Gasteiger charge is -2.12. The number of nitrogens with zero attached hydrogens (tertiary/aromatic N) is 6. The second-order valence-electron chi connectivity index (χ2n) is 8.28. The average molecular weight is 500 g/mol. The number of carbonyl (C=O) groups excluding carboxylic acids is 1. The third-order valence-corrected chi connectivity index (χ3v) is 5.87. The van der Waals surface area contributed by atoms with Crippen molar-refractivity contribution in [2.75, 3.05) is 20.3 Å². The molecule has 4 heterocycles. The first kappa shape index (κ1) is 23.9. The Balaban J connectivity index is 1.27. The molecule has 37 heavy (non-hydrogen) atoms. The number of rotatable bonds is 8. The second-order valence-corrected chi connectivity index (χ2v) is 8.28. The Labute approximate surface area is 211 Å². The van der Waals surface area contributed by atoms with E-state index in [-0.39, 0.29) is 24.1 Å². The predicted molar refractivity (Wildman–Crippen MR) is 137 cm³/mol. The number of ether oxygens (including phenoxy) is 2. The number of hydrogen-bond acceptors (Lipinski definition) is 8. The van der Waals surface area contributed by atoms with Crippen molar-refractivity contribution in [2.24, 2.45) is 0 Å². The smallest absolute Gasteiger partial charge is 0.256 e. The Morgan fingerprint density at radius 2 is 1.86 bits per heavy atom. The van der Waals surface area contributed by atoms with Gasteiger partial charge in [-0.05, 0) is 56.3 Å². The highest BCUT2D eigenvalue weighted by Gasteiger charge is 2.16. The van der Waals surface area contributed by atoms with E-state index in [1.54, 1.807) is 46.7 Å². The summed E-state index contributed by atoms with van der Waals surface area (Å²) in [6.07, 6.45) is 1.55. The third-order valence-electron chi connectivity index (χ3n) is 5.87. The van der Waals surface area contributed by atoms with Crippen molar-refractivity contribution in [3.8, 4) is 23.0 Å². The molecule has 1 aromatic carbocycles. The van der Waals surface area contributed by atoms with Crippen LogP contribution in [0.4, 0.5) is 0 Å². The number of nitrogens with one attached hydrogen (secondary N) is 1. The maximum atomic E-state index is 12.9. The van der Waals surface area contributed by atoms with Gasteiger partial charge in [-0.15, -0.1) is 15.3 Å². The number of carbonyl (C=O) groups is 1. The third kappa shape index (κ3) is 4.70. The molecule has 11 heteroatoms. The summed E-state index contributed by atoms with van der Waals surface area (Å²) < 4.78 is 14.3. The molecule has 1 N–H and O–H groups in total. The number of aromatic nitrogens is 6. The minimum absolute atomic E-state index is 0.0631. The van der Waals surface area contributed by atoms with Crippen LogP contribution in [0.15, 0.2) is 59.5 Å². The van der Waals surface area contributed by atoms with Crippen LogP contribution < -0.4 is 20.2 Å². The van der Waals surface area contributed by atoms with E-state index < -0.39 is 5.91 Å². The fourth-order valence-corrected chi connectivity index (χ4v) is 3.95. The van der Waals surface area contributed by atoms with Gasteiger partial charge < -0.3 is 19.4 Å². The zero-order chi connectivity index (χ0) is 25.9. The molecular weight excluding hydrogens is 474 g/mol. The molecule has 0 radical (unpaired) electrons. The summed E-state index contributed by atoms with van der Waals surface area (Å²) >= 11 is 0. The molecule has 0 aliphatic heterocycles. The molecule has 11 nitrogen and oxygen atoms in total. The van der Waals surface area contributed by atoms with Crippen LogP contribution >= 0.6 is 0 Å². The zero-order valence-corrected chi connectivity index (χ0v) is 20.6. The number of fused-ring (bicyclic) bond motifs is 2. The maximum Gasteiger partial charge on any atom is 0.256 e. The van der Waals surface area contributed by atoms with Crippen LogP contribution in [0.1, 0.15) is 23.0 Å². The molecule has 0 atom stereocenters. The number of aryl methyl sites for hydroxylation is 2. The summed E-state index contributed by atoms with van der Waals surface area (Å²) in [5.41, 5.74) is 2.47. The molecule has 0 saturated heterocycles. The van der Waals surface area contributed by atoms with Gasteiger partial charge in [0.1, 0.15) is 23.6 Å². The van der Waals surface area contributed by atoms with Crippen molar-refractivity contribution < 1.29 is 14.3 Å². The second kappa shape index (κ2) is 10.1. The molecule has 188 valence electrons. The first-order valence-electron chi connectivity index (χ1n) is 11.8. The van der Waals surface area contributed by atoms with Gasteiger partial charge in [-0.1, -0.05) is 0 Å². The van der Waals surface area contributed by atoms with E-state index in [1.165, 1.54) is 0 Å². The fraction of sp³-hybridized carbons (Fsp3) is 0.231. The lowest BCUT2D eigenvalue weighted by atomic mass is 10.1. The minimum atomic E-state index is -0.470. The number of hydrogen-bond donors (Lipinski definition) is 1. The Hall–Kier alpha value is -4.80. The monoisotopic (exact) mass is 499 g/mol. The lowest BCUT2D eigenvalue weighted by molar-refractivity contribution is 0.0945. The van der Waals surface area contributed by atoms with Gasteiger partial charge in [0.2, 0.25) is 11.3 Å². The Morgan fingerprint density at radius 3 is 2.62 bits per heavy atom. The summed E-state index contributed by atoms with van der Waals surface area (Å²) in [4.78, 5) is 30.2. The Morgan fingerprint density at radius 1 is 1.05 bits per heavy atom. The SMILES string of the molecule is CCn1cc(C(=O)NCCOc2ccc3nnc(-c4ccc(OC)cc4)n3n2)c(=O)c2ccc(C)nc21. The highest BCUT2D eigenvalue weighted by Crippen LogP contribution is 2.22. The molecule has 5 rings (SSSR count). The van der Waals surface area contributed by atoms with Gasteiger partial charge in [-0.2, -0.15) is 4.52 Å². The largest absolute Gasteiger partial charge is 0.497 e. The first-order chi connectivity index (χ1) is 18.0.